The van der Waals surface area contributed by atoms with E-state index >= 15 is 0 Å². The van der Waals surface area contributed by atoms with E-state index in [-0.39, 0.29) is 28.6 Å². The number of rotatable bonds is 7. The first-order chi connectivity index (χ1) is 18.1. The molecule has 0 saturated carbocycles. The molecule has 0 spiro atoms. The number of likely N-dealkylation sites (tertiary alicyclic amines) is 1. The van der Waals surface area contributed by atoms with Crippen LogP contribution in [0.3, 0.4) is 0 Å². The van der Waals surface area contributed by atoms with Gasteiger partial charge in [-0.2, -0.15) is 18.3 Å². The van der Waals surface area contributed by atoms with Crippen LogP contribution >= 0.6 is 23.4 Å². The summed E-state index contributed by atoms with van der Waals surface area (Å²) in [7, 11) is 0. The van der Waals surface area contributed by atoms with Gasteiger partial charge in [0.25, 0.3) is 11.1 Å². The third-order valence-corrected chi connectivity index (χ3v) is 7.74. The van der Waals surface area contributed by atoms with Crippen LogP contribution in [-0.2, 0) is 17.5 Å². The zero-order chi connectivity index (χ0) is 27.0. The summed E-state index contributed by atoms with van der Waals surface area (Å²) in [6.45, 7) is 2.06. The number of aromatic nitrogens is 2. The molecule has 1 atom stereocenters. The number of aliphatic hydroxyl groups is 1. The fraction of sp³-hybridized carbons (Fsp3) is 0.346. The van der Waals surface area contributed by atoms with Gasteiger partial charge in [0.1, 0.15) is 0 Å². The zero-order valence-corrected chi connectivity index (χ0v) is 21.7. The number of imide groups is 1. The van der Waals surface area contributed by atoms with Gasteiger partial charge in [-0.25, -0.2) is 0 Å². The fourth-order valence-electron chi connectivity index (χ4n) is 4.77. The summed E-state index contributed by atoms with van der Waals surface area (Å²) >= 11 is 6.60. The summed E-state index contributed by atoms with van der Waals surface area (Å²) < 4.78 is 42.0. The maximum Gasteiger partial charge on any atom is 0.416 e. The molecule has 2 aliphatic heterocycles. The third kappa shape index (κ3) is 5.75. The van der Waals surface area contributed by atoms with Crippen molar-refractivity contribution in [2.24, 2.45) is 0 Å². The molecule has 2 saturated heterocycles. The Morgan fingerprint density at radius 3 is 2.61 bits per heavy atom. The molecule has 0 aliphatic carbocycles. The van der Waals surface area contributed by atoms with E-state index in [0.29, 0.717) is 23.0 Å². The number of aliphatic hydroxyl groups excluding tert-OH is 1. The van der Waals surface area contributed by atoms with Gasteiger partial charge in [-0.3, -0.25) is 19.2 Å². The van der Waals surface area contributed by atoms with E-state index in [4.69, 9.17) is 11.6 Å². The van der Waals surface area contributed by atoms with Crippen LogP contribution in [0.4, 0.5) is 18.0 Å². The molecule has 1 aromatic heterocycles. The molecule has 2 aromatic carbocycles. The van der Waals surface area contributed by atoms with Crippen LogP contribution in [0.25, 0.3) is 17.0 Å². The molecule has 2 fully saturated rings. The lowest BCUT2D eigenvalue weighted by Gasteiger charge is -2.22. The van der Waals surface area contributed by atoms with Crippen molar-refractivity contribution in [1.82, 2.24) is 19.6 Å². The van der Waals surface area contributed by atoms with Crippen LogP contribution < -0.4 is 0 Å². The molecule has 7 nitrogen and oxygen atoms in total. The summed E-state index contributed by atoms with van der Waals surface area (Å²) in [5.41, 5.74) is 0.481. The number of hydrogen-bond donors (Lipinski definition) is 1. The Hall–Kier alpha value is -2.86. The molecule has 38 heavy (non-hydrogen) atoms. The second-order valence-electron chi connectivity index (χ2n) is 9.37. The summed E-state index contributed by atoms with van der Waals surface area (Å²) in [5, 5.41) is 14.9. The Morgan fingerprint density at radius 2 is 1.87 bits per heavy atom. The lowest BCUT2D eigenvalue weighted by molar-refractivity contribution is -0.138. The Labute approximate surface area is 225 Å². The van der Waals surface area contributed by atoms with E-state index in [0.717, 1.165) is 48.7 Å². The highest BCUT2D eigenvalue weighted by molar-refractivity contribution is 8.18. The summed E-state index contributed by atoms with van der Waals surface area (Å²) in [5.74, 6) is -0.460. The first kappa shape index (κ1) is 26.7. The minimum atomic E-state index is -4.55. The van der Waals surface area contributed by atoms with Gasteiger partial charge in [0.15, 0.2) is 0 Å². The molecule has 1 unspecified atom stereocenters. The number of fused-ring (bicyclic) bond motifs is 1. The summed E-state index contributed by atoms with van der Waals surface area (Å²) in [4.78, 5) is 28.8. The van der Waals surface area contributed by atoms with Gasteiger partial charge >= 0.3 is 6.18 Å². The van der Waals surface area contributed by atoms with Crippen molar-refractivity contribution >= 4 is 51.5 Å². The monoisotopic (exact) mass is 564 g/mol. The number of hydrogen-bond acceptors (Lipinski definition) is 6. The number of carbonyl (C=O) groups is 2. The minimum Gasteiger partial charge on any atom is -0.390 e. The number of nitrogens with zero attached hydrogens (tertiary/aromatic N) is 4. The minimum absolute atomic E-state index is 0.00144. The van der Waals surface area contributed by atoms with Crippen LogP contribution in [0, 0.1) is 0 Å². The predicted octanol–water partition coefficient (Wildman–Crippen LogP) is 5.25. The van der Waals surface area contributed by atoms with Crippen molar-refractivity contribution in [3.63, 3.8) is 0 Å². The predicted molar refractivity (Wildman–Crippen MR) is 140 cm³/mol. The van der Waals surface area contributed by atoms with E-state index < -0.39 is 29.0 Å². The first-order valence-corrected chi connectivity index (χ1v) is 13.2. The van der Waals surface area contributed by atoms with Crippen molar-refractivity contribution in [3.05, 3.63) is 69.2 Å². The molecule has 200 valence electrons. The van der Waals surface area contributed by atoms with E-state index in [1.54, 1.807) is 24.3 Å². The molecular formula is C26H24ClF3N4O3S. The number of carbonyl (C=O) groups excluding carboxylic acids is 2. The average molecular weight is 565 g/mol. The fourth-order valence-corrected chi connectivity index (χ4v) is 5.79. The number of halogens is 4. The van der Waals surface area contributed by atoms with E-state index in [1.165, 1.54) is 23.0 Å². The Bertz CT molecular complexity index is 1420. The molecule has 12 heteroatoms. The molecule has 0 radical (unpaired) electrons. The lowest BCUT2D eigenvalue weighted by atomic mass is 10.1. The van der Waals surface area contributed by atoms with Crippen LogP contribution in [0.2, 0.25) is 5.02 Å². The maximum atomic E-state index is 13.5. The number of thioether (sulfide) groups is 1. The van der Waals surface area contributed by atoms with Crippen LogP contribution in [0.1, 0.15) is 29.5 Å². The summed E-state index contributed by atoms with van der Waals surface area (Å²) in [6.07, 6.45) is -0.0805. The Balaban J connectivity index is 1.32. The number of alkyl halides is 3. The standard InChI is InChI=1S/C26H24ClF3N4O3S/c27-19-5-4-17(21(11-19)26(28,29)30)13-34-22-6-3-16(9-18(22)12-31-34)10-23-24(36)33(25(37)38-23)15-20(35)14-32-7-1-2-8-32/h3-6,9-12,20,35H,1-2,7-8,13-15H2/b23-10-. The normalized spacial score (nSPS) is 18.9. The van der Waals surface area contributed by atoms with Crippen molar-refractivity contribution < 1.29 is 27.9 Å². The van der Waals surface area contributed by atoms with E-state index in [2.05, 4.69) is 10.00 Å². The van der Waals surface area contributed by atoms with Crippen molar-refractivity contribution in [2.75, 3.05) is 26.2 Å². The van der Waals surface area contributed by atoms with Gasteiger partial charge in [-0.05, 0) is 79.2 Å². The van der Waals surface area contributed by atoms with Gasteiger partial charge in [0.05, 0.1) is 41.4 Å². The van der Waals surface area contributed by atoms with Crippen LogP contribution in [-0.4, -0.2) is 68.1 Å². The third-order valence-electron chi connectivity index (χ3n) is 6.60. The van der Waals surface area contributed by atoms with Gasteiger partial charge in [-0.15, -0.1) is 0 Å². The van der Waals surface area contributed by atoms with Crippen LogP contribution in [0.5, 0.6) is 0 Å². The Kier molecular flexibility index (Phi) is 7.54. The lowest BCUT2D eigenvalue weighted by Crippen LogP contribution is -2.41. The molecule has 5 rings (SSSR count). The zero-order valence-electron chi connectivity index (χ0n) is 20.1. The number of benzene rings is 2. The highest BCUT2D eigenvalue weighted by atomic mass is 35.5. The summed E-state index contributed by atoms with van der Waals surface area (Å²) in [6, 6.07) is 8.82. The molecule has 2 aliphatic rings. The van der Waals surface area contributed by atoms with E-state index in [9.17, 15) is 27.9 Å². The first-order valence-electron chi connectivity index (χ1n) is 12.1. The smallest absolute Gasteiger partial charge is 0.390 e. The molecule has 0 bridgehead atoms. The second kappa shape index (κ2) is 10.7. The van der Waals surface area contributed by atoms with Gasteiger partial charge < -0.3 is 10.0 Å². The number of amides is 2. The average Bonchev–Trinajstić information content (AvgIpc) is 3.57. The largest absolute Gasteiger partial charge is 0.416 e. The maximum absolute atomic E-state index is 13.5. The second-order valence-corrected chi connectivity index (χ2v) is 10.8. The van der Waals surface area contributed by atoms with Crippen molar-refractivity contribution in [1.29, 1.82) is 0 Å². The molecule has 3 heterocycles. The molecule has 1 N–H and O–H groups in total. The molecule has 2 amide bonds. The quantitative estimate of drug-likeness (QED) is 0.395. The van der Waals surface area contributed by atoms with Gasteiger partial charge in [0, 0.05) is 17.0 Å². The SMILES string of the molecule is O=C1S/C(=C\c2ccc3c(cnn3Cc3ccc(Cl)cc3C(F)(F)F)c2)C(=O)N1CC(O)CN1CCCC1. The van der Waals surface area contributed by atoms with Crippen molar-refractivity contribution in [2.45, 2.75) is 31.7 Å². The van der Waals surface area contributed by atoms with Gasteiger partial charge in [-0.1, -0.05) is 23.7 Å². The Morgan fingerprint density at radius 1 is 1.11 bits per heavy atom. The highest BCUT2D eigenvalue weighted by Gasteiger charge is 2.37. The number of β-amino-alcohol motifs (C(OH)–C–C–N with tert-alkyl or cyclic N) is 1. The van der Waals surface area contributed by atoms with Crippen molar-refractivity contribution in [3.8, 4) is 0 Å². The molecular weight excluding hydrogens is 541 g/mol. The van der Waals surface area contributed by atoms with E-state index in [1.807, 2.05) is 0 Å². The topological polar surface area (TPSA) is 78.7 Å². The molecule has 3 aromatic rings. The van der Waals surface area contributed by atoms with Gasteiger partial charge in [0.2, 0.25) is 0 Å². The van der Waals surface area contributed by atoms with Crippen LogP contribution in [0.15, 0.2) is 47.5 Å². The highest BCUT2D eigenvalue weighted by Crippen LogP contribution is 2.35.